The molecule has 1 fully saturated rings. The summed E-state index contributed by atoms with van der Waals surface area (Å²) >= 11 is 0. The Balaban J connectivity index is 2.24. The summed E-state index contributed by atoms with van der Waals surface area (Å²) in [5, 5.41) is 0. The number of nitrogens with two attached hydrogens (primary N) is 1. The number of carbonyl (C=O) groups is 1. The van der Waals surface area contributed by atoms with Crippen molar-refractivity contribution in [2.75, 3.05) is 25.4 Å². The van der Waals surface area contributed by atoms with E-state index in [0.29, 0.717) is 30.9 Å². The molecule has 0 aromatic heterocycles. The highest BCUT2D eigenvalue weighted by molar-refractivity contribution is 6.00. The van der Waals surface area contributed by atoms with Crippen molar-refractivity contribution in [3.8, 4) is 0 Å². The Morgan fingerprint density at radius 2 is 2.29 bits per heavy atom. The molecule has 0 radical (unpaired) electrons. The van der Waals surface area contributed by atoms with E-state index in [1.165, 1.54) is 0 Å². The molecule has 92 valence electrons. The molecule has 0 aliphatic carbocycles. The van der Waals surface area contributed by atoms with Gasteiger partial charge in [-0.25, -0.2) is 0 Å². The van der Waals surface area contributed by atoms with Crippen LogP contribution in [0, 0.1) is 6.92 Å². The Morgan fingerprint density at radius 3 is 2.94 bits per heavy atom. The summed E-state index contributed by atoms with van der Waals surface area (Å²) in [6.07, 6.45) is 0.0953. The summed E-state index contributed by atoms with van der Waals surface area (Å²) in [5.41, 5.74) is 7.99. The first kappa shape index (κ1) is 11.9. The third-order valence-corrected chi connectivity index (χ3v) is 3.05. The lowest BCUT2D eigenvalue weighted by Gasteiger charge is -2.31. The van der Waals surface area contributed by atoms with Gasteiger partial charge in [-0.1, -0.05) is 12.1 Å². The Hall–Kier alpha value is -1.55. The number of morpholine rings is 1. The minimum absolute atomic E-state index is 0.00995. The standard InChI is InChI=1S/C13H18N2O2/c1-9-4-3-5-11(14)12(9)13(16)15-6-7-17-10(2)8-15/h3-5,10H,6-8,14H2,1-2H3. The highest BCUT2D eigenvalue weighted by atomic mass is 16.5. The number of nitrogen functional groups attached to an aromatic ring is 1. The number of benzene rings is 1. The van der Waals surface area contributed by atoms with Gasteiger partial charge in [-0.2, -0.15) is 0 Å². The summed E-state index contributed by atoms with van der Waals surface area (Å²) in [6, 6.07) is 5.54. The van der Waals surface area contributed by atoms with E-state index < -0.39 is 0 Å². The van der Waals surface area contributed by atoms with Gasteiger partial charge >= 0.3 is 0 Å². The quantitative estimate of drug-likeness (QED) is 0.748. The Morgan fingerprint density at radius 1 is 1.53 bits per heavy atom. The minimum atomic E-state index is 0.00995. The molecule has 0 spiro atoms. The fourth-order valence-corrected chi connectivity index (χ4v) is 2.14. The van der Waals surface area contributed by atoms with Crippen LogP contribution in [0.5, 0.6) is 0 Å². The summed E-state index contributed by atoms with van der Waals surface area (Å²) in [5.74, 6) is 0.00995. The lowest BCUT2D eigenvalue weighted by molar-refractivity contribution is -0.0124. The van der Waals surface area contributed by atoms with Crippen LogP contribution in [0.4, 0.5) is 5.69 Å². The third-order valence-electron chi connectivity index (χ3n) is 3.05. The normalized spacial score (nSPS) is 20.4. The fourth-order valence-electron chi connectivity index (χ4n) is 2.14. The van der Waals surface area contributed by atoms with Gasteiger partial charge in [0.2, 0.25) is 0 Å². The molecular weight excluding hydrogens is 216 g/mol. The summed E-state index contributed by atoms with van der Waals surface area (Å²) in [6.45, 7) is 5.75. The number of carbonyl (C=O) groups excluding carboxylic acids is 1. The van der Waals surface area contributed by atoms with Crippen LogP contribution in [0.1, 0.15) is 22.8 Å². The van der Waals surface area contributed by atoms with E-state index in [1.54, 1.807) is 6.07 Å². The van der Waals surface area contributed by atoms with Crippen LogP contribution in [-0.2, 0) is 4.74 Å². The number of aryl methyl sites for hydroxylation is 1. The third kappa shape index (κ3) is 2.42. The van der Waals surface area contributed by atoms with Crippen molar-refractivity contribution in [1.82, 2.24) is 4.90 Å². The van der Waals surface area contributed by atoms with Crippen LogP contribution < -0.4 is 5.73 Å². The maximum atomic E-state index is 12.4. The monoisotopic (exact) mass is 234 g/mol. The molecule has 0 saturated carbocycles. The molecule has 1 atom stereocenters. The summed E-state index contributed by atoms with van der Waals surface area (Å²) in [7, 11) is 0. The van der Waals surface area contributed by atoms with Crippen molar-refractivity contribution in [2.45, 2.75) is 20.0 Å². The van der Waals surface area contributed by atoms with Crippen LogP contribution >= 0.6 is 0 Å². The first-order chi connectivity index (χ1) is 8.09. The van der Waals surface area contributed by atoms with E-state index in [4.69, 9.17) is 10.5 Å². The SMILES string of the molecule is Cc1cccc(N)c1C(=O)N1CCOC(C)C1. The molecule has 1 saturated heterocycles. The van der Waals surface area contributed by atoms with Crippen LogP contribution in [0.25, 0.3) is 0 Å². The molecule has 1 heterocycles. The molecule has 0 bridgehead atoms. The molecule has 1 amide bonds. The molecule has 1 aliphatic rings. The first-order valence-corrected chi connectivity index (χ1v) is 5.85. The van der Waals surface area contributed by atoms with Crippen molar-refractivity contribution >= 4 is 11.6 Å². The Kier molecular flexibility index (Phi) is 3.33. The van der Waals surface area contributed by atoms with Crippen molar-refractivity contribution in [2.24, 2.45) is 0 Å². The van der Waals surface area contributed by atoms with Crippen LogP contribution in [0.2, 0.25) is 0 Å². The molecule has 4 nitrogen and oxygen atoms in total. The average Bonchev–Trinajstić information content (AvgIpc) is 2.28. The van der Waals surface area contributed by atoms with Gasteiger partial charge in [0.15, 0.2) is 0 Å². The zero-order valence-electron chi connectivity index (χ0n) is 10.3. The zero-order chi connectivity index (χ0) is 12.4. The molecule has 1 unspecified atom stereocenters. The number of amides is 1. The predicted octanol–water partition coefficient (Wildman–Crippen LogP) is 1.44. The Labute approximate surface area is 101 Å². The number of anilines is 1. The smallest absolute Gasteiger partial charge is 0.256 e. The van der Waals surface area contributed by atoms with Crippen molar-refractivity contribution < 1.29 is 9.53 Å². The first-order valence-electron chi connectivity index (χ1n) is 5.85. The van der Waals surface area contributed by atoms with Crippen LogP contribution in [0.3, 0.4) is 0 Å². The van der Waals surface area contributed by atoms with Crippen molar-refractivity contribution in [3.05, 3.63) is 29.3 Å². The van der Waals surface area contributed by atoms with Crippen molar-refractivity contribution in [1.29, 1.82) is 0 Å². The van der Waals surface area contributed by atoms with Gasteiger partial charge in [-0.3, -0.25) is 4.79 Å². The highest BCUT2D eigenvalue weighted by Gasteiger charge is 2.24. The fraction of sp³-hybridized carbons (Fsp3) is 0.462. The van der Waals surface area contributed by atoms with Crippen molar-refractivity contribution in [3.63, 3.8) is 0 Å². The van der Waals surface area contributed by atoms with Gasteiger partial charge in [0, 0.05) is 18.8 Å². The van der Waals surface area contributed by atoms with Crippen LogP contribution in [-0.4, -0.2) is 36.6 Å². The molecular formula is C13H18N2O2. The molecule has 1 aliphatic heterocycles. The second-order valence-electron chi connectivity index (χ2n) is 4.47. The van der Waals surface area contributed by atoms with E-state index in [1.807, 2.05) is 30.9 Å². The van der Waals surface area contributed by atoms with E-state index >= 15 is 0 Å². The van der Waals surface area contributed by atoms with Gasteiger partial charge in [0.1, 0.15) is 0 Å². The second kappa shape index (κ2) is 4.75. The molecule has 2 rings (SSSR count). The molecule has 17 heavy (non-hydrogen) atoms. The molecule has 1 aromatic carbocycles. The van der Waals surface area contributed by atoms with E-state index in [0.717, 1.165) is 5.56 Å². The number of ether oxygens (including phenoxy) is 1. The molecule has 2 N–H and O–H groups in total. The summed E-state index contributed by atoms with van der Waals surface area (Å²) in [4.78, 5) is 14.2. The second-order valence-corrected chi connectivity index (χ2v) is 4.47. The van der Waals surface area contributed by atoms with Gasteiger partial charge in [0.25, 0.3) is 5.91 Å². The lowest BCUT2D eigenvalue weighted by Crippen LogP contribution is -2.44. The number of nitrogens with zero attached hydrogens (tertiary/aromatic N) is 1. The van der Waals surface area contributed by atoms with Gasteiger partial charge < -0.3 is 15.4 Å². The van der Waals surface area contributed by atoms with Gasteiger partial charge in [-0.05, 0) is 25.5 Å². The number of rotatable bonds is 1. The number of hydrogen-bond acceptors (Lipinski definition) is 3. The maximum absolute atomic E-state index is 12.4. The lowest BCUT2D eigenvalue weighted by atomic mass is 10.0. The van der Waals surface area contributed by atoms with E-state index in [-0.39, 0.29) is 12.0 Å². The minimum Gasteiger partial charge on any atom is -0.398 e. The van der Waals surface area contributed by atoms with Gasteiger partial charge in [0.05, 0.1) is 18.3 Å². The predicted molar refractivity (Wildman–Crippen MR) is 66.9 cm³/mol. The topological polar surface area (TPSA) is 55.6 Å². The highest BCUT2D eigenvalue weighted by Crippen LogP contribution is 2.19. The summed E-state index contributed by atoms with van der Waals surface area (Å²) < 4.78 is 5.43. The molecule has 1 aromatic rings. The number of hydrogen-bond donors (Lipinski definition) is 1. The zero-order valence-corrected chi connectivity index (χ0v) is 10.3. The van der Waals surface area contributed by atoms with E-state index in [9.17, 15) is 4.79 Å². The average molecular weight is 234 g/mol. The van der Waals surface area contributed by atoms with Gasteiger partial charge in [-0.15, -0.1) is 0 Å². The largest absolute Gasteiger partial charge is 0.398 e. The van der Waals surface area contributed by atoms with E-state index in [2.05, 4.69) is 0 Å². The van der Waals surface area contributed by atoms with Crippen LogP contribution in [0.15, 0.2) is 18.2 Å². The maximum Gasteiger partial charge on any atom is 0.256 e. The molecule has 4 heteroatoms. The Bertz CT molecular complexity index is 411.